The summed E-state index contributed by atoms with van der Waals surface area (Å²) in [4.78, 5) is 46.8. The van der Waals surface area contributed by atoms with Gasteiger partial charge in [0.15, 0.2) is 0 Å². The van der Waals surface area contributed by atoms with E-state index < -0.39 is 23.3 Å². The Morgan fingerprint density at radius 1 is 0.848 bits per heavy atom. The van der Waals surface area contributed by atoms with Crippen LogP contribution in [-0.2, 0) is 58.6 Å². The third kappa shape index (κ3) is 10.0. The molecule has 2 aromatic rings. The van der Waals surface area contributed by atoms with E-state index >= 15 is 0 Å². The molecule has 0 aliphatic rings. The van der Waals surface area contributed by atoms with E-state index in [4.69, 9.17) is 19.3 Å². The molecule has 8 nitrogen and oxygen atoms in total. The fraction of sp³-hybridized carbons (Fsp3) is 0.304. The van der Waals surface area contributed by atoms with E-state index in [9.17, 15) is 19.2 Å². The summed E-state index contributed by atoms with van der Waals surface area (Å²) in [5, 5.41) is 8.67. The third-order valence-corrected chi connectivity index (χ3v) is 4.08. The quantitative estimate of drug-likeness (QED) is 0.234. The van der Waals surface area contributed by atoms with Gasteiger partial charge in [0.05, 0.1) is 37.2 Å². The van der Waals surface area contributed by atoms with Crippen molar-refractivity contribution in [3.63, 3.8) is 0 Å². The molecule has 0 atom stereocenters. The van der Waals surface area contributed by atoms with Gasteiger partial charge >= 0.3 is 17.9 Å². The average Bonchev–Trinajstić information content (AvgIpc) is 2.79. The number of aliphatic hydroxyl groups is 1. The first-order valence-corrected chi connectivity index (χ1v) is 9.46. The Bertz CT molecular complexity index is 944. The summed E-state index contributed by atoms with van der Waals surface area (Å²) in [6, 6.07) is 11.7. The normalized spacial score (nSPS) is 10.2. The number of carbonyl (C=O) groups excluding carboxylic acids is 4. The monoisotopic (exact) mass is 662 g/mol. The van der Waals surface area contributed by atoms with Crippen molar-refractivity contribution >= 4 is 24.2 Å². The van der Waals surface area contributed by atoms with Crippen molar-refractivity contribution in [2.75, 3.05) is 26.4 Å². The first-order chi connectivity index (χ1) is 14.8. The molecule has 33 heavy (non-hydrogen) atoms. The fourth-order valence-electron chi connectivity index (χ4n) is 2.40. The Balaban J connectivity index is 0.00000512. The zero-order valence-electron chi connectivity index (χ0n) is 18.1. The summed E-state index contributed by atoms with van der Waals surface area (Å²) in [5.74, 6) is -1.79. The smallest absolute Gasteiger partial charge is 0.338 e. The number of esters is 3. The number of aliphatic hydroxyl groups excluding tert-OH is 1. The molecule has 0 heterocycles. The Kier molecular flexibility index (Phi) is 13.8. The van der Waals surface area contributed by atoms with E-state index in [1.807, 2.05) is 0 Å². The first-order valence-electron chi connectivity index (χ1n) is 9.46. The van der Waals surface area contributed by atoms with Crippen LogP contribution < -0.4 is 0 Å². The van der Waals surface area contributed by atoms with E-state index in [2.05, 4.69) is 0 Å². The van der Waals surface area contributed by atoms with Crippen LogP contribution in [-0.4, -0.2) is 55.7 Å². The first kappa shape index (κ1) is 30.8. The van der Waals surface area contributed by atoms with Crippen LogP contribution in [0.1, 0.15) is 50.5 Å². The summed E-state index contributed by atoms with van der Waals surface area (Å²) in [7, 11) is 0. The van der Waals surface area contributed by atoms with Crippen molar-refractivity contribution in [3.8, 4) is 0 Å². The van der Waals surface area contributed by atoms with Crippen molar-refractivity contribution in [1.82, 2.24) is 0 Å². The van der Waals surface area contributed by atoms with Crippen LogP contribution >= 0.6 is 0 Å². The Hall–Kier alpha value is -2.25. The summed E-state index contributed by atoms with van der Waals surface area (Å²) in [6.45, 7) is 3.13. The van der Waals surface area contributed by atoms with Crippen molar-refractivity contribution in [2.45, 2.75) is 13.8 Å². The average molecular weight is 662 g/mol. The van der Waals surface area contributed by atoms with Crippen LogP contribution in [0, 0.1) is 5.41 Å². The number of benzene rings is 2. The molecule has 0 aliphatic heterocycles. The van der Waals surface area contributed by atoms with Gasteiger partial charge in [0, 0.05) is 50.6 Å². The van der Waals surface area contributed by atoms with Crippen LogP contribution in [0.2, 0.25) is 0 Å². The second-order valence-electron chi connectivity index (χ2n) is 7.44. The van der Waals surface area contributed by atoms with Crippen molar-refractivity contribution in [2.24, 2.45) is 5.41 Å². The van der Waals surface area contributed by atoms with Crippen LogP contribution in [0.15, 0.2) is 48.5 Å². The minimum atomic E-state index is -0.659. The minimum absolute atomic E-state index is 0. The Labute approximate surface area is 218 Å². The second-order valence-corrected chi connectivity index (χ2v) is 7.44. The molecule has 10 heteroatoms. The molecule has 0 amide bonds. The van der Waals surface area contributed by atoms with Gasteiger partial charge in [-0.15, -0.1) is 12.1 Å². The second kappa shape index (κ2) is 14.8. The maximum Gasteiger partial charge on any atom is 0.338 e. The molecular formula is C23H23O8VW-. The van der Waals surface area contributed by atoms with Crippen LogP contribution in [0.25, 0.3) is 0 Å². The van der Waals surface area contributed by atoms with E-state index in [0.717, 1.165) is 0 Å². The van der Waals surface area contributed by atoms with Gasteiger partial charge in [0.1, 0.15) is 6.61 Å². The maximum absolute atomic E-state index is 12.3. The van der Waals surface area contributed by atoms with Gasteiger partial charge < -0.3 is 24.1 Å². The van der Waals surface area contributed by atoms with E-state index in [0.29, 0.717) is 0 Å². The number of hydrogen-bond acceptors (Lipinski definition) is 8. The predicted molar refractivity (Wildman–Crippen MR) is 109 cm³/mol. The molecular weight excluding hydrogens is 639 g/mol. The molecule has 0 unspecified atom stereocenters. The predicted octanol–water partition coefficient (Wildman–Crippen LogP) is 2.33. The van der Waals surface area contributed by atoms with Gasteiger partial charge in [-0.05, 0) is 24.3 Å². The number of rotatable bonds is 10. The molecule has 0 fully saturated rings. The zero-order chi connectivity index (χ0) is 22.9. The van der Waals surface area contributed by atoms with Crippen molar-refractivity contribution < 1.29 is 78.1 Å². The molecule has 0 spiro atoms. The van der Waals surface area contributed by atoms with Crippen molar-refractivity contribution in [1.29, 1.82) is 0 Å². The molecule has 0 saturated carbocycles. The standard InChI is InChI=1S/C23H23O8.V.W/c1-23(2,15-31-22(28)19-5-3-4-16(12-19)13-25)14-30-21(27)18-8-6-17(7-9-18)20(26)29-11-10-24;;/h3-9,12,24H,10-11,14-15H2,1-2H3;;/q-1;;. The molecule has 2 aromatic carbocycles. The summed E-state index contributed by atoms with van der Waals surface area (Å²) in [6.07, 6.45) is 1.71. The van der Waals surface area contributed by atoms with Gasteiger partial charge in [-0.2, -0.15) is 11.6 Å². The third-order valence-electron chi connectivity index (χ3n) is 4.08. The SMILES string of the molecule is CC(C)(COC(=O)c1ccc(C(=O)OCCO)cc1)COC(=O)c1cccc([C-]=O)c1.[V].[W]. The fourth-order valence-corrected chi connectivity index (χ4v) is 2.40. The van der Waals surface area contributed by atoms with Crippen molar-refractivity contribution in [3.05, 3.63) is 70.8 Å². The van der Waals surface area contributed by atoms with Gasteiger partial charge in [0.25, 0.3) is 0 Å². The number of carbonyl (C=O) groups is 3. The summed E-state index contributed by atoms with van der Waals surface area (Å²) in [5.41, 5.74) is 0.303. The topological polar surface area (TPSA) is 116 Å². The Morgan fingerprint density at radius 3 is 1.82 bits per heavy atom. The zero-order valence-corrected chi connectivity index (χ0v) is 22.4. The molecule has 0 bridgehead atoms. The van der Waals surface area contributed by atoms with Gasteiger partial charge in [-0.3, -0.25) is 0 Å². The Morgan fingerprint density at radius 2 is 1.33 bits per heavy atom. The number of hydrogen-bond donors (Lipinski definition) is 1. The molecule has 0 aliphatic carbocycles. The largest absolute Gasteiger partial charge is 0.462 e. The molecule has 0 saturated heterocycles. The van der Waals surface area contributed by atoms with Crippen LogP contribution in [0.5, 0.6) is 0 Å². The minimum Gasteiger partial charge on any atom is -0.462 e. The molecule has 0 aromatic heterocycles. The van der Waals surface area contributed by atoms with Gasteiger partial charge in [0.2, 0.25) is 0 Å². The van der Waals surface area contributed by atoms with Gasteiger partial charge in [-0.1, -0.05) is 19.9 Å². The molecule has 1 radical (unpaired) electrons. The van der Waals surface area contributed by atoms with E-state index in [1.54, 1.807) is 26.2 Å². The summed E-state index contributed by atoms with van der Waals surface area (Å²) < 4.78 is 15.4. The maximum atomic E-state index is 12.3. The summed E-state index contributed by atoms with van der Waals surface area (Å²) >= 11 is 0. The van der Waals surface area contributed by atoms with E-state index in [-0.39, 0.29) is 88.3 Å². The van der Waals surface area contributed by atoms with Crippen LogP contribution in [0.3, 0.4) is 0 Å². The van der Waals surface area contributed by atoms with E-state index in [1.165, 1.54) is 42.5 Å². The molecule has 175 valence electrons. The van der Waals surface area contributed by atoms with Gasteiger partial charge in [-0.25, -0.2) is 14.4 Å². The molecule has 2 rings (SSSR count). The van der Waals surface area contributed by atoms with Crippen LogP contribution in [0.4, 0.5) is 0 Å². The number of ether oxygens (including phenoxy) is 3. The molecule has 1 N–H and O–H groups in total.